The summed E-state index contributed by atoms with van der Waals surface area (Å²) in [6, 6.07) is 0. The van der Waals surface area contributed by atoms with Crippen molar-refractivity contribution < 1.29 is 0 Å². The highest BCUT2D eigenvalue weighted by Gasteiger charge is 2.09. The Kier molecular flexibility index (Phi) is 3.34. The topological polar surface area (TPSA) is 34.0 Å². The van der Waals surface area contributed by atoms with Crippen LogP contribution in [0, 0.1) is 0 Å². The number of nitrogens with zero attached hydrogens (tertiary/aromatic N) is 4. The highest BCUT2D eigenvalue weighted by Crippen LogP contribution is 2.06. The van der Waals surface area contributed by atoms with Gasteiger partial charge in [0, 0.05) is 13.1 Å². The van der Waals surface area contributed by atoms with Crippen LogP contribution in [0.2, 0.25) is 0 Å². The van der Waals surface area contributed by atoms with Gasteiger partial charge in [-0.3, -0.25) is 5.01 Å². The Bertz CT molecular complexity index is 205. The van der Waals surface area contributed by atoms with Crippen LogP contribution in [0.1, 0.15) is 19.3 Å². The van der Waals surface area contributed by atoms with E-state index in [1.807, 2.05) is 4.79 Å². The van der Waals surface area contributed by atoms with Crippen LogP contribution in [0.4, 0.5) is 0 Å². The Labute approximate surface area is 78.0 Å². The molecule has 4 nitrogen and oxygen atoms in total. The lowest BCUT2D eigenvalue weighted by Crippen LogP contribution is -2.39. The van der Waals surface area contributed by atoms with Crippen molar-refractivity contribution in [3.63, 3.8) is 0 Å². The molecule has 0 atom stereocenters. The molecular formula is C7H13ClN4. The molecule has 0 amide bonds. The Hall–Kier alpha value is -0.770. The Morgan fingerprint density at radius 1 is 1.08 bits per heavy atom. The first-order valence-electron chi connectivity index (χ1n) is 4.07. The lowest BCUT2D eigenvalue weighted by Gasteiger charge is -2.27. The van der Waals surface area contributed by atoms with E-state index in [1.165, 1.54) is 19.3 Å². The van der Waals surface area contributed by atoms with E-state index in [9.17, 15) is 0 Å². The van der Waals surface area contributed by atoms with Crippen LogP contribution in [0.3, 0.4) is 0 Å². The summed E-state index contributed by atoms with van der Waals surface area (Å²) in [5.41, 5.74) is 0. The van der Waals surface area contributed by atoms with Gasteiger partial charge in [-0.15, -0.1) is 17.5 Å². The molecule has 0 bridgehead atoms. The molecule has 1 aromatic rings. The number of hydrogen-bond acceptors (Lipinski definition) is 3. The van der Waals surface area contributed by atoms with E-state index in [4.69, 9.17) is 0 Å². The lowest BCUT2D eigenvalue weighted by molar-refractivity contribution is 0.448. The van der Waals surface area contributed by atoms with E-state index >= 15 is 0 Å². The van der Waals surface area contributed by atoms with E-state index in [0.717, 1.165) is 13.1 Å². The number of hydrogen-bond donors (Lipinski definition) is 0. The number of rotatable bonds is 1. The Morgan fingerprint density at radius 2 is 1.83 bits per heavy atom. The van der Waals surface area contributed by atoms with Gasteiger partial charge in [0.05, 0.1) is 0 Å². The maximum atomic E-state index is 4.07. The maximum Gasteiger partial charge on any atom is 0.139 e. The van der Waals surface area contributed by atoms with Gasteiger partial charge in [0.25, 0.3) is 0 Å². The minimum Gasteiger partial charge on any atom is -0.295 e. The van der Waals surface area contributed by atoms with Gasteiger partial charge >= 0.3 is 0 Å². The smallest absolute Gasteiger partial charge is 0.139 e. The average molecular weight is 189 g/mol. The summed E-state index contributed by atoms with van der Waals surface area (Å²) in [5, 5.41) is 6.29. The third kappa shape index (κ3) is 1.88. The van der Waals surface area contributed by atoms with Gasteiger partial charge in [0.2, 0.25) is 0 Å². The van der Waals surface area contributed by atoms with Crippen LogP contribution >= 0.6 is 12.4 Å². The van der Waals surface area contributed by atoms with Crippen LogP contribution in [-0.4, -0.2) is 28.0 Å². The first-order valence-corrected chi connectivity index (χ1v) is 4.07. The van der Waals surface area contributed by atoms with E-state index in [-0.39, 0.29) is 12.4 Å². The molecule has 68 valence electrons. The van der Waals surface area contributed by atoms with E-state index in [1.54, 1.807) is 12.7 Å². The van der Waals surface area contributed by atoms with E-state index in [2.05, 4.69) is 15.1 Å². The van der Waals surface area contributed by atoms with Gasteiger partial charge in [-0.05, 0) is 19.3 Å². The molecule has 0 unspecified atom stereocenters. The lowest BCUT2D eigenvalue weighted by atomic mass is 10.2. The zero-order chi connectivity index (χ0) is 7.52. The molecule has 0 radical (unpaired) electrons. The molecule has 5 heteroatoms. The first-order chi connectivity index (χ1) is 5.47. The summed E-state index contributed by atoms with van der Waals surface area (Å²) < 4.78 is 0. The molecule has 2 rings (SSSR count). The van der Waals surface area contributed by atoms with Gasteiger partial charge in [0.1, 0.15) is 12.7 Å². The summed E-state index contributed by atoms with van der Waals surface area (Å²) in [4.78, 5) is 5.74. The van der Waals surface area contributed by atoms with Crippen molar-refractivity contribution in [3.05, 3.63) is 12.7 Å². The zero-order valence-electron chi connectivity index (χ0n) is 6.89. The molecule has 12 heavy (non-hydrogen) atoms. The van der Waals surface area contributed by atoms with Gasteiger partial charge in [-0.25, -0.2) is 4.98 Å². The molecule has 1 aliphatic heterocycles. The monoisotopic (exact) mass is 188 g/mol. The Balaban J connectivity index is 0.000000720. The van der Waals surface area contributed by atoms with Crippen LogP contribution in [0.5, 0.6) is 0 Å². The summed E-state index contributed by atoms with van der Waals surface area (Å²) in [6.45, 7) is 2.23. The standard InChI is InChI=1S/C7H12N4.ClH/c1-2-4-10(5-3-1)11-7-8-6-9-11;/h6-7H,1-5H2;1H. The fourth-order valence-electron chi connectivity index (χ4n) is 1.43. The summed E-state index contributed by atoms with van der Waals surface area (Å²) in [7, 11) is 0. The number of aromatic nitrogens is 3. The highest BCUT2D eigenvalue weighted by atomic mass is 35.5. The van der Waals surface area contributed by atoms with Crippen molar-refractivity contribution in [3.8, 4) is 0 Å². The van der Waals surface area contributed by atoms with Gasteiger partial charge in [-0.2, -0.15) is 4.79 Å². The fraction of sp³-hybridized carbons (Fsp3) is 0.714. The molecule has 1 fully saturated rings. The average Bonchev–Trinajstić information content (AvgIpc) is 2.58. The van der Waals surface area contributed by atoms with Crippen molar-refractivity contribution in [2.75, 3.05) is 18.1 Å². The second-order valence-electron chi connectivity index (χ2n) is 2.83. The predicted octanol–water partition coefficient (Wildman–Crippen LogP) is 0.822. The van der Waals surface area contributed by atoms with E-state index < -0.39 is 0 Å². The third-order valence-corrected chi connectivity index (χ3v) is 2.03. The summed E-state index contributed by atoms with van der Waals surface area (Å²) >= 11 is 0. The molecule has 0 saturated carbocycles. The van der Waals surface area contributed by atoms with Crippen molar-refractivity contribution in [2.24, 2.45) is 0 Å². The summed E-state index contributed by atoms with van der Waals surface area (Å²) in [6.07, 6.45) is 7.24. The van der Waals surface area contributed by atoms with Crippen LogP contribution in [0.25, 0.3) is 0 Å². The molecule has 1 aromatic heterocycles. The second-order valence-corrected chi connectivity index (χ2v) is 2.83. The fourth-order valence-corrected chi connectivity index (χ4v) is 1.43. The quantitative estimate of drug-likeness (QED) is 0.655. The normalized spacial score (nSPS) is 17.2. The predicted molar refractivity (Wildman–Crippen MR) is 49.1 cm³/mol. The Morgan fingerprint density at radius 3 is 2.42 bits per heavy atom. The molecule has 1 saturated heterocycles. The van der Waals surface area contributed by atoms with E-state index in [0.29, 0.717) is 0 Å². The van der Waals surface area contributed by atoms with Crippen LogP contribution < -0.4 is 5.01 Å². The number of halogens is 1. The van der Waals surface area contributed by atoms with Crippen molar-refractivity contribution in [1.29, 1.82) is 0 Å². The largest absolute Gasteiger partial charge is 0.295 e. The van der Waals surface area contributed by atoms with Crippen LogP contribution in [0.15, 0.2) is 12.7 Å². The van der Waals surface area contributed by atoms with Gasteiger partial charge in [-0.1, -0.05) is 0 Å². The highest BCUT2D eigenvalue weighted by molar-refractivity contribution is 5.85. The van der Waals surface area contributed by atoms with Crippen molar-refractivity contribution in [1.82, 2.24) is 14.9 Å². The van der Waals surface area contributed by atoms with Gasteiger partial charge < -0.3 is 0 Å². The number of piperidine rings is 1. The minimum absolute atomic E-state index is 0. The van der Waals surface area contributed by atoms with Crippen molar-refractivity contribution in [2.45, 2.75) is 19.3 Å². The maximum absolute atomic E-state index is 4.07. The molecule has 0 aromatic carbocycles. The third-order valence-electron chi connectivity index (χ3n) is 2.03. The molecule has 2 heterocycles. The van der Waals surface area contributed by atoms with Crippen LogP contribution in [-0.2, 0) is 0 Å². The zero-order valence-corrected chi connectivity index (χ0v) is 7.70. The molecule has 0 aliphatic carbocycles. The SMILES string of the molecule is Cl.c1ncn(N2CCCCC2)n1. The molecular weight excluding hydrogens is 176 g/mol. The molecule has 1 aliphatic rings. The molecule has 0 N–H and O–H groups in total. The summed E-state index contributed by atoms with van der Waals surface area (Å²) in [5.74, 6) is 0. The van der Waals surface area contributed by atoms with Crippen molar-refractivity contribution >= 4 is 12.4 Å². The molecule has 0 spiro atoms. The first kappa shape index (κ1) is 9.32. The van der Waals surface area contributed by atoms with Gasteiger partial charge in [0.15, 0.2) is 0 Å². The second kappa shape index (κ2) is 4.30. The minimum atomic E-state index is 0.